The molecule has 8 heteroatoms. The van der Waals surface area contributed by atoms with Gasteiger partial charge in [0, 0.05) is 24.9 Å². The molecule has 0 aliphatic rings. The number of thiazole rings is 1. The minimum absolute atomic E-state index is 0.0739. The molecule has 0 unspecified atom stereocenters. The molecule has 4 N–H and O–H groups in total. The van der Waals surface area contributed by atoms with Gasteiger partial charge in [0.2, 0.25) is 5.91 Å². The van der Waals surface area contributed by atoms with Crippen LogP contribution in [-0.2, 0) is 4.79 Å². The highest BCUT2D eigenvalue weighted by atomic mass is 32.1. The smallest absolute Gasteiger partial charge is 0.355 e. The number of carbonyl (C=O) groups is 2. The summed E-state index contributed by atoms with van der Waals surface area (Å²) in [6.07, 6.45) is 0.160. The Balaban J connectivity index is 2.88. The van der Waals surface area contributed by atoms with Gasteiger partial charge in [-0.05, 0) is 11.8 Å². The number of aliphatic hydroxyl groups is 1. The molecule has 1 aromatic heterocycles. The maximum absolute atomic E-state index is 12.6. The molecule has 1 amide bonds. The van der Waals surface area contributed by atoms with E-state index in [1.54, 1.807) is 11.9 Å². The first-order valence-corrected chi connectivity index (χ1v) is 9.37. The molecule has 0 radical (unpaired) electrons. The van der Waals surface area contributed by atoms with Gasteiger partial charge in [-0.1, -0.05) is 34.1 Å². The molecule has 0 bridgehead atoms. The molecule has 4 atom stereocenters. The lowest BCUT2D eigenvalue weighted by atomic mass is 9.93. The maximum atomic E-state index is 12.6. The van der Waals surface area contributed by atoms with Gasteiger partial charge in [0.15, 0.2) is 5.69 Å². The Morgan fingerprint density at radius 3 is 2.40 bits per heavy atom. The lowest BCUT2D eigenvalue weighted by molar-refractivity contribution is -0.136. The fourth-order valence-electron chi connectivity index (χ4n) is 2.64. The lowest BCUT2D eigenvalue weighted by Crippen LogP contribution is -2.51. The molecule has 0 saturated carbocycles. The third-order valence-electron chi connectivity index (χ3n) is 4.65. The van der Waals surface area contributed by atoms with Crippen molar-refractivity contribution in [1.29, 1.82) is 0 Å². The van der Waals surface area contributed by atoms with Crippen LogP contribution < -0.4 is 5.73 Å². The number of carboxylic acids is 1. The van der Waals surface area contributed by atoms with Gasteiger partial charge in [0.1, 0.15) is 11.1 Å². The molecule has 0 aliphatic carbocycles. The van der Waals surface area contributed by atoms with Gasteiger partial charge in [0.25, 0.3) is 0 Å². The number of aliphatic hydroxyl groups excluding tert-OH is 1. The minimum Gasteiger partial charge on any atom is -0.476 e. The van der Waals surface area contributed by atoms with Gasteiger partial charge in [-0.2, -0.15) is 0 Å². The molecule has 0 aromatic carbocycles. The Morgan fingerprint density at radius 2 is 1.96 bits per heavy atom. The van der Waals surface area contributed by atoms with Crippen molar-refractivity contribution < 1.29 is 19.8 Å². The summed E-state index contributed by atoms with van der Waals surface area (Å²) in [6, 6.07) is -0.804. The number of rotatable bonds is 9. The Kier molecular flexibility index (Phi) is 7.98. The summed E-state index contributed by atoms with van der Waals surface area (Å²) in [4.78, 5) is 29.1. The summed E-state index contributed by atoms with van der Waals surface area (Å²) < 4.78 is 0. The van der Waals surface area contributed by atoms with Crippen LogP contribution in [-0.4, -0.2) is 51.1 Å². The molecular formula is C17H29N3O4S. The average molecular weight is 372 g/mol. The number of likely N-dealkylation sites (N-methyl/N-ethyl adjacent to an activating group) is 1. The molecule has 0 spiro atoms. The molecule has 1 rings (SSSR count). The fourth-order valence-corrected chi connectivity index (χ4v) is 3.43. The fraction of sp³-hybridized carbons (Fsp3) is 0.706. The number of carboxylic acid groups (broad SMARTS) is 1. The van der Waals surface area contributed by atoms with E-state index < -0.39 is 18.1 Å². The number of nitrogens with zero attached hydrogens (tertiary/aromatic N) is 2. The van der Waals surface area contributed by atoms with E-state index in [2.05, 4.69) is 4.98 Å². The molecular weight excluding hydrogens is 342 g/mol. The van der Waals surface area contributed by atoms with Crippen LogP contribution in [0.2, 0.25) is 0 Å². The number of hydrogen-bond acceptors (Lipinski definition) is 6. The quantitative estimate of drug-likeness (QED) is 0.612. The van der Waals surface area contributed by atoms with Crippen molar-refractivity contribution in [2.45, 2.75) is 58.7 Å². The van der Waals surface area contributed by atoms with Crippen LogP contribution in [0, 0.1) is 11.8 Å². The number of nitrogens with two attached hydrogens (primary N) is 1. The van der Waals surface area contributed by atoms with Crippen molar-refractivity contribution in [3.05, 3.63) is 16.1 Å². The van der Waals surface area contributed by atoms with Gasteiger partial charge >= 0.3 is 5.97 Å². The van der Waals surface area contributed by atoms with Crippen molar-refractivity contribution in [3.63, 3.8) is 0 Å². The van der Waals surface area contributed by atoms with E-state index in [9.17, 15) is 14.7 Å². The standard InChI is InChI=1S/C17H29N3O4S/c1-6-10(4)14(18)16(22)20(5)12(9(2)3)7-13(21)15-19-11(8-25-15)17(23)24/h8-10,12-14,21H,6-7,18H2,1-5H3,(H,23,24)/t10-,12+,13+,14-/m0/s1. The average Bonchev–Trinajstić information content (AvgIpc) is 3.06. The van der Waals surface area contributed by atoms with E-state index in [4.69, 9.17) is 10.8 Å². The SMILES string of the molecule is CC[C@H](C)[C@H](N)C(=O)N(C)[C@H](C[C@@H](O)c1nc(C(=O)O)cs1)C(C)C. The van der Waals surface area contributed by atoms with E-state index in [0.29, 0.717) is 5.01 Å². The van der Waals surface area contributed by atoms with Gasteiger partial charge in [-0.3, -0.25) is 4.79 Å². The van der Waals surface area contributed by atoms with Crippen LogP contribution >= 0.6 is 11.3 Å². The summed E-state index contributed by atoms with van der Waals surface area (Å²) in [5.41, 5.74) is 5.98. The van der Waals surface area contributed by atoms with Crippen molar-refractivity contribution in [2.75, 3.05) is 7.05 Å². The van der Waals surface area contributed by atoms with Gasteiger partial charge in [-0.15, -0.1) is 11.3 Å². The van der Waals surface area contributed by atoms with Crippen LogP contribution in [0.1, 0.15) is 62.1 Å². The summed E-state index contributed by atoms with van der Waals surface area (Å²) in [6.45, 7) is 7.88. The highest BCUT2D eigenvalue weighted by Gasteiger charge is 2.31. The zero-order valence-corrected chi connectivity index (χ0v) is 16.3. The summed E-state index contributed by atoms with van der Waals surface area (Å²) >= 11 is 1.10. The number of aromatic carboxylic acids is 1. The Hall–Kier alpha value is -1.51. The lowest BCUT2D eigenvalue weighted by Gasteiger charge is -2.35. The highest BCUT2D eigenvalue weighted by Crippen LogP contribution is 2.27. The number of aromatic nitrogens is 1. The van der Waals surface area contributed by atoms with Crippen molar-refractivity contribution in [1.82, 2.24) is 9.88 Å². The summed E-state index contributed by atoms with van der Waals surface area (Å²) in [7, 11) is 1.70. The largest absolute Gasteiger partial charge is 0.476 e. The van der Waals surface area contributed by atoms with Crippen molar-refractivity contribution in [3.8, 4) is 0 Å². The second-order valence-electron chi connectivity index (χ2n) is 6.80. The molecule has 25 heavy (non-hydrogen) atoms. The number of hydrogen-bond donors (Lipinski definition) is 3. The summed E-state index contributed by atoms with van der Waals surface area (Å²) in [5, 5.41) is 21.1. The van der Waals surface area contributed by atoms with Crippen molar-refractivity contribution in [2.24, 2.45) is 17.6 Å². The minimum atomic E-state index is -1.12. The topological polar surface area (TPSA) is 117 Å². The first-order valence-electron chi connectivity index (χ1n) is 8.49. The van der Waals surface area contributed by atoms with Crippen LogP contribution in [0.3, 0.4) is 0 Å². The first-order chi connectivity index (χ1) is 11.6. The molecule has 0 aliphatic heterocycles. The summed E-state index contributed by atoms with van der Waals surface area (Å²) in [5.74, 6) is -1.09. The predicted octanol–water partition coefficient (Wildman–Crippen LogP) is 2.12. The Bertz CT molecular complexity index is 590. The second-order valence-corrected chi connectivity index (χ2v) is 7.69. The van der Waals surface area contributed by atoms with E-state index in [1.807, 2.05) is 27.7 Å². The van der Waals surface area contributed by atoms with E-state index in [-0.39, 0.29) is 35.9 Å². The first kappa shape index (κ1) is 21.5. The van der Waals surface area contributed by atoms with Gasteiger partial charge < -0.3 is 20.8 Å². The number of carbonyl (C=O) groups excluding carboxylic acids is 1. The van der Waals surface area contributed by atoms with E-state index in [0.717, 1.165) is 17.8 Å². The zero-order chi connectivity index (χ0) is 19.3. The second kappa shape index (κ2) is 9.26. The predicted molar refractivity (Wildman–Crippen MR) is 97.5 cm³/mol. The number of amides is 1. The maximum Gasteiger partial charge on any atom is 0.355 e. The molecule has 7 nitrogen and oxygen atoms in total. The van der Waals surface area contributed by atoms with Crippen LogP contribution in [0.5, 0.6) is 0 Å². The molecule has 0 fully saturated rings. The highest BCUT2D eigenvalue weighted by molar-refractivity contribution is 7.09. The van der Waals surface area contributed by atoms with E-state index in [1.165, 1.54) is 5.38 Å². The molecule has 1 aromatic rings. The zero-order valence-electron chi connectivity index (χ0n) is 15.5. The Morgan fingerprint density at radius 1 is 1.36 bits per heavy atom. The van der Waals surface area contributed by atoms with Gasteiger partial charge in [-0.25, -0.2) is 9.78 Å². The van der Waals surface area contributed by atoms with E-state index >= 15 is 0 Å². The third kappa shape index (κ3) is 5.49. The van der Waals surface area contributed by atoms with Crippen LogP contribution in [0.15, 0.2) is 5.38 Å². The third-order valence-corrected chi connectivity index (χ3v) is 5.59. The van der Waals surface area contributed by atoms with Gasteiger partial charge in [0.05, 0.1) is 6.04 Å². The van der Waals surface area contributed by atoms with Crippen molar-refractivity contribution >= 4 is 23.2 Å². The molecule has 1 heterocycles. The molecule has 142 valence electrons. The van der Waals surface area contributed by atoms with Crippen LogP contribution in [0.4, 0.5) is 0 Å². The monoisotopic (exact) mass is 371 g/mol. The normalized spacial score (nSPS) is 16.3. The Labute approximate surface area is 152 Å². The molecule has 0 saturated heterocycles. The van der Waals surface area contributed by atoms with Crippen LogP contribution in [0.25, 0.3) is 0 Å².